The fourth-order valence-electron chi connectivity index (χ4n) is 2.25. The summed E-state index contributed by atoms with van der Waals surface area (Å²) in [6.07, 6.45) is 4.22. The molecule has 0 saturated heterocycles. The van der Waals surface area contributed by atoms with Crippen molar-refractivity contribution in [2.45, 2.75) is 44.4 Å². The summed E-state index contributed by atoms with van der Waals surface area (Å²) in [5.41, 5.74) is 12.2. The van der Waals surface area contributed by atoms with Crippen molar-refractivity contribution in [2.24, 2.45) is 16.5 Å². The van der Waals surface area contributed by atoms with Gasteiger partial charge in [0.15, 0.2) is 15.8 Å². The van der Waals surface area contributed by atoms with Gasteiger partial charge in [0.25, 0.3) is 5.91 Å². The molecule has 7 heteroatoms. The quantitative estimate of drug-likeness (QED) is 0.606. The van der Waals surface area contributed by atoms with E-state index in [-0.39, 0.29) is 16.4 Å². The third-order valence-electron chi connectivity index (χ3n) is 3.33. The van der Waals surface area contributed by atoms with E-state index in [1.54, 1.807) is 6.07 Å². The largest absolute Gasteiger partial charge is 0.370 e. The molecular formula is C15H23N3O3S. The number of nitrogens with zero attached hydrogens (tertiary/aromatic N) is 1. The SMILES string of the molecule is CCCCc1cc(CC)c(C(=O)N=C(N)N)cc1S(C)(=O)=O. The van der Waals surface area contributed by atoms with E-state index in [9.17, 15) is 13.2 Å². The molecule has 0 atom stereocenters. The Morgan fingerprint density at radius 3 is 2.27 bits per heavy atom. The highest BCUT2D eigenvalue weighted by atomic mass is 32.2. The van der Waals surface area contributed by atoms with Gasteiger partial charge in [-0.3, -0.25) is 4.79 Å². The van der Waals surface area contributed by atoms with E-state index in [2.05, 4.69) is 4.99 Å². The first kappa shape index (κ1) is 18.2. The number of nitrogens with two attached hydrogens (primary N) is 2. The van der Waals surface area contributed by atoms with Crippen LogP contribution in [0, 0.1) is 0 Å². The number of benzene rings is 1. The van der Waals surface area contributed by atoms with Crippen molar-refractivity contribution in [3.05, 3.63) is 28.8 Å². The Morgan fingerprint density at radius 1 is 1.18 bits per heavy atom. The summed E-state index contributed by atoms with van der Waals surface area (Å²) in [4.78, 5) is 15.8. The number of hydrogen-bond acceptors (Lipinski definition) is 3. The van der Waals surface area contributed by atoms with Crippen LogP contribution in [0.2, 0.25) is 0 Å². The second-order valence-electron chi connectivity index (χ2n) is 5.19. The van der Waals surface area contributed by atoms with Gasteiger partial charge in [-0.1, -0.05) is 26.3 Å². The van der Waals surface area contributed by atoms with Gasteiger partial charge in [-0.25, -0.2) is 8.42 Å². The number of sulfone groups is 1. The molecule has 0 heterocycles. The Morgan fingerprint density at radius 2 is 1.82 bits per heavy atom. The fourth-order valence-corrected chi connectivity index (χ4v) is 3.22. The van der Waals surface area contributed by atoms with Gasteiger partial charge < -0.3 is 11.5 Å². The molecule has 0 aliphatic rings. The molecular weight excluding hydrogens is 302 g/mol. The summed E-state index contributed by atoms with van der Waals surface area (Å²) < 4.78 is 24.0. The number of hydrogen-bond donors (Lipinski definition) is 2. The van der Waals surface area contributed by atoms with E-state index < -0.39 is 15.7 Å². The van der Waals surface area contributed by atoms with E-state index in [0.717, 1.165) is 30.2 Å². The second-order valence-corrected chi connectivity index (χ2v) is 7.17. The first-order chi connectivity index (χ1) is 10.2. The zero-order valence-corrected chi connectivity index (χ0v) is 14.0. The van der Waals surface area contributed by atoms with E-state index >= 15 is 0 Å². The van der Waals surface area contributed by atoms with Gasteiger partial charge in [0, 0.05) is 11.8 Å². The fraction of sp³-hybridized carbons (Fsp3) is 0.467. The number of aliphatic imine (C=N–C) groups is 1. The van der Waals surface area contributed by atoms with Crippen LogP contribution in [0.1, 0.15) is 48.2 Å². The molecule has 0 saturated carbocycles. The number of carbonyl (C=O) groups is 1. The standard InChI is InChI=1S/C15H23N3O3S/c1-4-6-7-11-8-10(5-2)12(14(19)18-15(16)17)9-13(11)22(3,20)21/h8-9H,4-7H2,1-3H3,(H4,16,17,18,19). The van der Waals surface area contributed by atoms with Crippen LogP contribution in [0.3, 0.4) is 0 Å². The smallest absolute Gasteiger partial charge is 0.280 e. The van der Waals surface area contributed by atoms with E-state index in [0.29, 0.717) is 12.8 Å². The Hall–Kier alpha value is -1.89. The zero-order valence-electron chi connectivity index (χ0n) is 13.2. The predicted octanol–water partition coefficient (Wildman–Crippen LogP) is 1.41. The van der Waals surface area contributed by atoms with Gasteiger partial charge in [0.05, 0.1) is 4.90 Å². The maximum atomic E-state index is 12.1. The molecule has 4 N–H and O–H groups in total. The zero-order chi connectivity index (χ0) is 16.9. The lowest BCUT2D eigenvalue weighted by atomic mass is 9.98. The van der Waals surface area contributed by atoms with Crippen LogP contribution < -0.4 is 11.5 Å². The number of rotatable bonds is 6. The Labute approximate surface area is 131 Å². The van der Waals surface area contributed by atoms with Gasteiger partial charge in [0.1, 0.15) is 0 Å². The lowest BCUT2D eigenvalue weighted by Crippen LogP contribution is -2.24. The Balaban J connectivity index is 3.53. The topological polar surface area (TPSA) is 116 Å². The highest BCUT2D eigenvalue weighted by Gasteiger charge is 2.19. The normalized spacial score (nSPS) is 11.2. The molecule has 22 heavy (non-hydrogen) atoms. The average molecular weight is 325 g/mol. The summed E-state index contributed by atoms with van der Waals surface area (Å²) >= 11 is 0. The van der Waals surface area contributed by atoms with Gasteiger partial charge in [-0.15, -0.1) is 0 Å². The second kappa shape index (κ2) is 7.40. The van der Waals surface area contributed by atoms with Crippen LogP contribution in [0.25, 0.3) is 0 Å². The molecule has 6 nitrogen and oxygen atoms in total. The average Bonchev–Trinajstić information content (AvgIpc) is 2.42. The molecule has 0 aliphatic heterocycles. The number of carbonyl (C=O) groups excluding carboxylic acids is 1. The van der Waals surface area contributed by atoms with Crippen LogP contribution in [0.15, 0.2) is 22.0 Å². The molecule has 1 rings (SSSR count). The first-order valence-corrected chi connectivity index (χ1v) is 9.09. The van der Waals surface area contributed by atoms with Crippen molar-refractivity contribution in [1.29, 1.82) is 0 Å². The Kier molecular flexibility index (Phi) is 6.11. The van der Waals surface area contributed by atoms with Crippen LogP contribution in [-0.2, 0) is 22.7 Å². The molecule has 0 fully saturated rings. The molecule has 0 aliphatic carbocycles. The van der Waals surface area contributed by atoms with Crippen molar-refractivity contribution in [1.82, 2.24) is 0 Å². The first-order valence-electron chi connectivity index (χ1n) is 7.20. The molecule has 0 aromatic heterocycles. The van der Waals surface area contributed by atoms with Gasteiger partial charge >= 0.3 is 0 Å². The molecule has 0 bridgehead atoms. The molecule has 0 spiro atoms. The van der Waals surface area contributed by atoms with Crippen molar-refractivity contribution in [3.8, 4) is 0 Å². The van der Waals surface area contributed by atoms with Crippen molar-refractivity contribution >= 4 is 21.7 Å². The number of aryl methyl sites for hydroxylation is 2. The highest BCUT2D eigenvalue weighted by Crippen LogP contribution is 2.24. The maximum absolute atomic E-state index is 12.1. The minimum atomic E-state index is -3.44. The van der Waals surface area contributed by atoms with Gasteiger partial charge in [0.2, 0.25) is 0 Å². The van der Waals surface area contributed by atoms with Crippen molar-refractivity contribution < 1.29 is 13.2 Å². The molecule has 0 radical (unpaired) electrons. The van der Waals surface area contributed by atoms with Crippen molar-refractivity contribution in [3.63, 3.8) is 0 Å². The van der Waals surface area contributed by atoms with Gasteiger partial charge in [-0.2, -0.15) is 4.99 Å². The van der Waals surface area contributed by atoms with Crippen LogP contribution >= 0.6 is 0 Å². The molecule has 122 valence electrons. The van der Waals surface area contributed by atoms with Crippen LogP contribution in [-0.4, -0.2) is 26.5 Å². The predicted molar refractivity (Wildman–Crippen MR) is 87.7 cm³/mol. The molecule has 1 aromatic rings. The summed E-state index contributed by atoms with van der Waals surface area (Å²) in [7, 11) is -3.44. The molecule has 1 aromatic carbocycles. The summed E-state index contributed by atoms with van der Waals surface area (Å²) in [5.74, 6) is -0.966. The van der Waals surface area contributed by atoms with E-state index in [1.165, 1.54) is 6.07 Å². The number of unbranched alkanes of at least 4 members (excludes halogenated alkanes) is 1. The monoisotopic (exact) mass is 325 g/mol. The van der Waals surface area contributed by atoms with Crippen LogP contribution in [0.4, 0.5) is 0 Å². The summed E-state index contributed by atoms with van der Waals surface area (Å²) in [6.45, 7) is 3.93. The van der Waals surface area contributed by atoms with E-state index in [4.69, 9.17) is 11.5 Å². The third-order valence-corrected chi connectivity index (χ3v) is 4.51. The van der Waals surface area contributed by atoms with Crippen molar-refractivity contribution in [2.75, 3.05) is 6.26 Å². The molecule has 1 amide bonds. The highest BCUT2D eigenvalue weighted by molar-refractivity contribution is 7.90. The third kappa shape index (κ3) is 4.56. The lowest BCUT2D eigenvalue weighted by Gasteiger charge is -2.13. The minimum Gasteiger partial charge on any atom is -0.370 e. The summed E-state index contributed by atoms with van der Waals surface area (Å²) in [6, 6.07) is 3.18. The van der Waals surface area contributed by atoms with E-state index in [1.807, 2.05) is 13.8 Å². The van der Waals surface area contributed by atoms with Gasteiger partial charge in [-0.05, 0) is 36.5 Å². The maximum Gasteiger partial charge on any atom is 0.280 e. The minimum absolute atomic E-state index is 0.173. The summed E-state index contributed by atoms with van der Waals surface area (Å²) in [5, 5.41) is 0. The lowest BCUT2D eigenvalue weighted by molar-refractivity contribution is 0.100. The number of guanidine groups is 1. The molecule has 0 unspecified atom stereocenters. The Bertz CT molecular complexity index is 690. The number of amides is 1. The van der Waals surface area contributed by atoms with Crippen LogP contribution in [0.5, 0.6) is 0 Å².